The molecule has 2 aromatic heterocycles. The van der Waals surface area contributed by atoms with Crippen LogP contribution in [0.2, 0.25) is 5.02 Å². The van der Waals surface area contributed by atoms with E-state index in [1.807, 2.05) is 60.8 Å². The molecule has 3 aromatic carbocycles. The van der Waals surface area contributed by atoms with E-state index in [0.29, 0.717) is 16.4 Å². The summed E-state index contributed by atoms with van der Waals surface area (Å²) in [6.45, 7) is 3.00. The zero-order valence-corrected chi connectivity index (χ0v) is 21.0. The largest absolute Gasteiger partial charge is 0.416 e. The monoisotopic (exact) mass is 533 g/mol. The average molecular weight is 534 g/mol. The van der Waals surface area contributed by atoms with E-state index in [2.05, 4.69) is 19.8 Å². The maximum absolute atomic E-state index is 13.5. The Hall–Kier alpha value is -4.04. The topological polar surface area (TPSA) is 37.2 Å². The van der Waals surface area contributed by atoms with Crippen LogP contribution in [0.15, 0.2) is 91.4 Å². The van der Waals surface area contributed by atoms with Gasteiger partial charge in [-0.15, -0.1) is 0 Å². The number of benzene rings is 3. The van der Waals surface area contributed by atoms with E-state index in [1.54, 1.807) is 10.6 Å². The molecule has 1 saturated heterocycles. The molecule has 0 N–H and O–H groups in total. The normalized spacial score (nSPS) is 14.3. The highest BCUT2D eigenvalue weighted by Crippen LogP contribution is 2.38. The molecule has 0 unspecified atom stereocenters. The van der Waals surface area contributed by atoms with Crippen LogP contribution < -0.4 is 9.80 Å². The molecular weight excluding hydrogens is 511 g/mol. The Balaban J connectivity index is 1.43. The van der Waals surface area contributed by atoms with Crippen molar-refractivity contribution in [3.8, 4) is 16.8 Å². The van der Waals surface area contributed by atoms with E-state index in [0.717, 1.165) is 66.3 Å². The molecule has 1 aliphatic heterocycles. The van der Waals surface area contributed by atoms with Gasteiger partial charge in [0.05, 0.1) is 10.9 Å². The SMILES string of the molecule is FC(F)(F)c1cccc(-n2cc(-c3ccccc3)c3c(N4CCN(c5cccc(Cl)c5)CC4)ncnc32)c1. The number of alkyl halides is 3. The van der Waals surface area contributed by atoms with Gasteiger partial charge in [0.15, 0.2) is 5.65 Å². The second-order valence-corrected chi connectivity index (χ2v) is 9.61. The van der Waals surface area contributed by atoms with E-state index >= 15 is 0 Å². The van der Waals surface area contributed by atoms with Gasteiger partial charge in [0.1, 0.15) is 12.1 Å². The van der Waals surface area contributed by atoms with Crippen LogP contribution in [-0.4, -0.2) is 40.7 Å². The quantitative estimate of drug-likeness (QED) is 0.247. The van der Waals surface area contributed by atoms with Crippen molar-refractivity contribution < 1.29 is 13.2 Å². The van der Waals surface area contributed by atoms with Crippen molar-refractivity contribution in [2.24, 2.45) is 0 Å². The van der Waals surface area contributed by atoms with Crippen LogP contribution in [0.5, 0.6) is 0 Å². The highest BCUT2D eigenvalue weighted by atomic mass is 35.5. The molecule has 0 aliphatic carbocycles. The van der Waals surface area contributed by atoms with Crippen molar-refractivity contribution in [2.75, 3.05) is 36.0 Å². The second kappa shape index (κ2) is 9.68. The summed E-state index contributed by atoms with van der Waals surface area (Å²) in [5.74, 6) is 0.769. The maximum atomic E-state index is 13.5. The summed E-state index contributed by atoms with van der Waals surface area (Å²) >= 11 is 6.20. The van der Waals surface area contributed by atoms with E-state index < -0.39 is 11.7 Å². The van der Waals surface area contributed by atoms with Crippen molar-refractivity contribution in [2.45, 2.75) is 6.18 Å². The molecule has 0 amide bonds. The zero-order chi connectivity index (χ0) is 26.3. The minimum absolute atomic E-state index is 0.391. The first-order valence-electron chi connectivity index (χ1n) is 12.2. The number of fused-ring (bicyclic) bond motifs is 1. The third-order valence-electron chi connectivity index (χ3n) is 6.85. The molecule has 5 nitrogen and oxygen atoms in total. The van der Waals surface area contributed by atoms with Gasteiger partial charge in [0, 0.05) is 54.3 Å². The van der Waals surface area contributed by atoms with Crippen LogP contribution in [0.3, 0.4) is 0 Å². The van der Waals surface area contributed by atoms with Gasteiger partial charge in [-0.05, 0) is 42.0 Å². The fourth-order valence-corrected chi connectivity index (χ4v) is 5.18. The fraction of sp³-hybridized carbons (Fsp3) is 0.172. The molecule has 0 bridgehead atoms. The second-order valence-electron chi connectivity index (χ2n) is 9.18. The van der Waals surface area contributed by atoms with Crippen LogP contribution in [0, 0.1) is 0 Å². The number of anilines is 2. The molecule has 192 valence electrons. The molecule has 0 radical (unpaired) electrons. The predicted octanol–water partition coefficient (Wildman–Crippen LogP) is 7.09. The lowest BCUT2D eigenvalue weighted by molar-refractivity contribution is -0.137. The number of piperazine rings is 1. The van der Waals surface area contributed by atoms with E-state index in [1.165, 1.54) is 12.4 Å². The first-order valence-corrected chi connectivity index (χ1v) is 12.6. The molecule has 38 heavy (non-hydrogen) atoms. The Morgan fingerprint density at radius 1 is 0.737 bits per heavy atom. The van der Waals surface area contributed by atoms with Crippen molar-refractivity contribution >= 4 is 34.1 Å². The number of nitrogens with zero attached hydrogens (tertiary/aromatic N) is 5. The van der Waals surface area contributed by atoms with Gasteiger partial charge < -0.3 is 14.4 Å². The molecule has 1 fully saturated rings. The van der Waals surface area contributed by atoms with Gasteiger partial charge in [-0.2, -0.15) is 13.2 Å². The van der Waals surface area contributed by atoms with Crippen molar-refractivity contribution in [3.05, 3.63) is 102 Å². The summed E-state index contributed by atoms with van der Waals surface area (Å²) in [4.78, 5) is 13.7. The molecule has 0 saturated carbocycles. The van der Waals surface area contributed by atoms with Crippen LogP contribution in [0.4, 0.5) is 24.7 Å². The Labute approximate surface area is 222 Å². The third kappa shape index (κ3) is 4.56. The number of aromatic nitrogens is 3. The molecule has 0 spiro atoms. The molecule has 1 aliphatic rings. The average Bonchev–Trinajstić information content (AvgIpc) is 3.33. The number of halogens is 4. The summed E-state index contributed by atoms with van der Waals surface area (Å²) < 4.78 is 42.2. The van der Waals surface area contributed by atoms with Crippen molar-refractivity contribution in [1.82, 2.24) is 14.5 Å². The zero-order valence-electron chi connectivity index (χ0n) is 20.2. The summed E-state index contributed by atoms with van der Waals surface area (Å²) in [6, 6.07) is 22.9. The molecular formula is C29H23ClF3N5. The fourth-order valence-electron chi connectivity index (χ4n) is 5.00. The van der Waals surface area contributed by atoms with E-state index in [4.69, 9.17) is 11.6 Å². The third-order valence-corrected chi connectivity index (χ3v) is 7.09. The van der Waals surface area contributed by atoms with Gasteiger partial charge in [0.2, 0.25) is 0 Å². The van der Waals surface area contributed by atoms with Crippen LogP contribution in [0.1, 0.15) is 5.56 Å². The predicted molar refractivity (Wildman–Crippen MR) is 145 cm³/mol. The molecule has 9 heteroatoms. The molecule has 6 rings (SSSR count). The standard InChI is InChI=1S/C29H23ClF3N5/c30-22-9-5-10-23(17-22)36-12-14-37(15-13-36)27-26-25(20-6-2-1-3-7-20)18-38(28(26)35-19-34-27)24-11-4-8-21(16-24)29(31,32)33/h1-11,16-19H,12-15H2. The van der Waals surface area contributed by atoms with Crippen LogP contribution in [0.25, 0.3) is 27.8 Å². The highest BCUT2D eigenvalue weighted by molar-refractivity contribution is 6.30. The number of hydrogen-bond donors (Lipinski definition) is 0. The Kier molecular flexibility index (Phi) is 6.19. The van der Waals surface area contributed by atoms with Gasteiger partial charge in [-0.25, -0.2) is 9.97 Å². The van der Waals surface area contributed by atoms with E-state index in [9.17, 15) is 13.2 Å². The lowest BCUT2D eigenvalue weighted by Gasteiger charge is -2.37. The minimum atomic E-state index is -4.44. The van der Waals surface area contributed by atoms with Gasteiger partial charge in [0.25, 0.3) is 0 Å². The summed E-state index contributed by atoms with van der Waals surface area (Å²) in [5.41, 5.74) is 3.13. The summed E-state index contributed by atoms with van der Waals surface area (Å²) in [7, 11) is 0. The maximum Gasteiger partial charge on any atom is 0.416 e. The first-order chi connectivity index (χ1) is 18.4. The van der Waals surface area contributed by atoms with Gasteiger partial charge in [-0.1, -0.05) is 54.1 Å². The van der Waals surface area contributed by atoms with Gasteiger partial charge >= 0.3 is 6.18 Å². The summed E-state index contributed by atoms with van der Waals surface area (Å²) in [5, 5.41) is 1.51. The Morgan fingerprint density at radius 2 is 1.45 bits per heavy atom. The minimum Gasteiger partial charge on any atom is -0.368 e. The van der Waals surface area contributed by atoms with Crippen molar-refractivity contribution in [3.63, 3.8) is 0 Å². The van der Waals surface area contributed by atoms with Crippen LogP contribution in [-0.2, 0) is 6.18 Å². The molecule has 5 aromatic rings. The first kappa shape index (κ1) is 24.3. The van der Waals surface area contributed by atoms with Crippen molar-refractivity contribution in [1.29, 1.82) is 0 Å². The smallest absolute Gasteiger partial charge is 0.368 e. The molecule has 3 heterocycles. The highest BCUT2D eigenvalue weighted by Gasteiger charge is 2.31. The number of rotatable bonds is 4. The lowest BCUT2D eigenvalue weighted by atomic mass is 10.1. The Bertz CT molecular complexity index is 1590. The van der Waals surface area contributed by atoms with E-state index in [-0.39, 0.29) is 0 Å². The molecule has 0 atom stereocenters. The lowest BCUT2D eigenvalue weighted by Crippen LogP contribution is -2.46. The van der Waals surface area contributed by atoms with Crippen LogP contribution >= 0.6 is 11.6 Å². The Morgan fingerprint density at radius 3 is 2.18 bits per heavy atom. The number of hydrogen-bond acceptors (Lipinski definition) is 4. The van der Waals surface area contributed by atoms with Gasteiger partial charge in [-0.3, -0.25) is 0 Å². The summed E-state index contributed by atoms with van der Waals surface area (Å²) in [6.07, 6.45) is -1.10.